The minimum atomic E-state index is 0.263. The van der Waals surface area contributed by atoms with Crippen molar-refractivity contribution in [1.29, 1.82) is 0 Å². The van der Waals surface area contributed by atoms with Crippen molar-refractivity contribution in [1.82, 2.24) is 4.98 Å². The average Bonchev–Trinajstić information content (AvgIpc) is 2.46. The number of methoxy groups -OCH3 is 1. The van der Waals surface area contributed by atoms with Gasteiger partial charge in [0.1, 0.15) is 12.4 Å². The molecule has 5 heteroatoms. The summed E-state index contributed by atoms with van der Waals surface area (Å²) in [7, 11) is 1.55. The number of carbonyl (C=O) groups is 1. The summed E-state index contributed by atoms with van der Waals surface area (Å²) < 4.78 is 10.7. The van der Waals surface area contributed by atoms with Crippen LogP contribution in [0.3, 0.4) is 0 Å². The molecule has 1 heterocycles. The second-order valence-corrected chi connectivity index (χ2v) is 4.20. The van der Waals surface area contributed by atoms with Crippen LogP contribution < -0.4 is 9.47 Å². The normalized spacial score (nSPS) is 10.0. The molecular weight excluding hydrogens is 266 g/mol. The molecule has 0 atom stereocenters. The summed E-state index contributed by atoms with van der Waals surface area (Å²) in [5.74, 6) is 0.981. The number of carbonyl (C=O) groups excluding carboxylic acids is 1. The van der Waals surface area contributed by atoms with Crippen LogP contribution in [0.2, 0.25) is 5.02 Å². The van der Waals surface area contributed by atoms with Gasteiger partial charge < -0.3 is 9.47 Å². The zero-order valence-corrected chi connectivity index (χ0v) is 11.1. The summed E-state index contributed by atoms with van der Waals surface area (Å²) in [4.78, 5) is 15.0. The zero-order chi connectivity index (χ0) is 13.7. The molecule has 2 rings (SSSR count). The molecule has 0 saturated carbocycles. The van der Waals surface area contributed by atoms with Crippen molar-refractivity contribution >= 4 is 17.9 Å². The smallest absolute Gasteiger partial charge is 0.219 e. The first kappa shape index (κ1) is 13.4. The molecule has 0 aliphatic carbocycles. The minimum Gasteiger partial charge on any atom is -0.488 e. The van der Waals surface area contributed by atoms with Gasteiger partial charge in [0, 0.05) is 11.2 Å². The SMILES string of the molecule is COc1ncccc1COc1ccc(Cl)cc1C=O. The maximum atomic E-state index is 10.9. The monoisotopic (exact) mass is 277 g/mol. The van der Waals surface area contributed by atoms with E-state index in [9.17, 15) is 4.79 Å². The number of ether oxygens (including phenoxy) is 2. The molecule has 19 heavy (non-hydrogen) atoms. The van der Waals surface area contributed by atoms with Crippen molar-refractivity contribution < 1.29 is 14.3 Å². The molecule has 4 nitrogen and oxygen atoms in total. The first-order chi connectivity index (χ1) is 9.24. The van der Waals surface area contributed by atoms with Gasteiger partial charge in [-0.2, -0.15) is 0 Å². The van der Waals surface area contributed by atoms with E-state index in [0.717, 1.165) is 5.56 Å². The fraction of sp³-hybridized carbons (Fsp3) is 0.143. The lowest BCUT2D eigenvalue weighted by atomic mass is 10.2. The molecule has 0 aliphatic rings. The van der Waals surface area contributed by atoms with Crippen LogP contribution in [0, 0.1) is 0 Å². The number of hydrogen-bond donors (Lipinski definition) is 0. The van der Waals surface area contributed by atoms with Gasteiger partial charge in [0.05, 0.1) is 18.2 Å². The van der Waals surface area contributed by atoms with Gasteiger partial charge in [0.15, 0.2) is 6.29 Å². The number of rotatable bonds is 5. The molecule has 0 fully saturated rings. The van der Waals surface area contributed by atoms with Crippen molar-refractivity contribution in [3.8, 4) is 11.6 Å². The van der Waals surface area contributed by atoms with Crippen molar-refractivity contribution in [3.05, 3.63) is 52.7 Å². The van der Waals surface area contributed by atoms with Crippen LogP contribution in [-0.4, -0.2) is 18.4 Å². The highest BCUT2D eigenvalue weighted by atomic mass is 35.5. The van der Waals surface area contributed by atoms with Gasteiger partial charge in [-0.25, -0.2) is 4.98 Å². The van der Waals surface area contributed by atoms with E-state index in [1.807, 2.05) is 6.07 Å². The first-order valence-electron chi connectivity index (χ1n) is 5.60. The standard InChI is InChI=1S/C14H12ClNO3/c1-18-14-10(3-2-6-16-14)9-19-13-5-4-12(15)7-11(13)8-17/h2-8H,9H2,1H3. The Balaban J connectivity index is 2.16. The van der Waals surface area contributed by atoms with Gasteiger partial charge >= 0.3 is 0 Å². The zero-order valence-electron chi connectivity index (χ0n) is 10.3. The van der Waals surface area contributed by atoms with Gasteiger partial charge in [-0.05, 0) is 30.3 Å². The number of benzene rings is 1. The highest BCUT2D eigenvalue weighted by Crippen LogP contribution is 2.23. The van der Waals surface area contributed by atoms with Crippen molar-refractivity contribution in [3.63, 3.8) is 0 Å². The van der Waals surface area contributed by atoms with Crippen LogP contribution in [-0.2, 0) is 6.61 Å². The molecule has 0 aliphatic heterocycles. The quantitative estimate of drug-likeness (QED) is 0.788. The lowest BCUT2D eigenvalue weighted by molar-refractivity contribution is 0.111. The molecule has 98 valence electrons. The molecule has 0 amide bonds. The van der Waals surface area contributed by atoms with Crippen LogP contribution in [0.15, 0.2) is 36.5 Å². The van der Waals surface area contributed by atoms with Gasteiger partial charge in [-0.3, -0.25) is 4.79 Å². The summed E-state index contributed by atoms with van der Waals surface area (Å²) in [5.41, 5.74) is 1.21. The van der Waals surface area contributed by atoms with Gasteiger partial charge in [0.2, 0.25) is 5.88 Å². The Morgan fingerprint density at radius 3 is 2.95 bits per heavy atom. The van der Waals surface area contributed by atoms with E-state index in [-0.39, 0.29) is 6.61 Å². The third kappa shape index (κ3) is 3.23. The number of nitrogens with zero attached hydrogens (tertiary/aromatic N) is 1. The maximum Gasteiger partial charge on any atom is 0.219 e. The molecule has 0 saturated heterocycles. The molecule has 0 bridgehead atoms. The summed E-state index contributed by atoms with van der Waals surface area (Å²) in [6.45, 7) is 0.263. The van der Waals surface area contributed by atoms with Crippen LogP contribution in [0.4, 0.5) is 0 Å². The van der Waals surface area contributed by atoms with Crippen LogP contribution >= 0.6 is 11.6 Å². The fourth-order valence-corrected chi connectivity index (χ4v) is 1.80. The number of halogens is 1. The van der Waals surface area contributed by atoms with E-state index in [0.29, 0.717) is 28.5 Å². The van der Waals surface area contributed by atoms with Crippen LogP contribution in [0.5, 0.6) is 11.6 Å². The lowest BCUT2D eigenvalue weighted by Gasteiger charge is -2.10. The molecule has 0 radical (unpaired) electrons. The van der Waals surface area contributed by atoms with Crippen molar-refractivity contribution in [2.24, 2.45) is 0 Å². The molecule has 0 spiro atoms. The summed E-state index contributed by atoms with van der Waals surface area (Å²) in [6, 6.07) is 8.54. The van der Waals surface area contributed by atoms with Crippen LogP contribution in [0.25, 0.3) is 0 Å². The second kappa shape index (κ2) is 6.20. The molecule has 1 aromatic heterocycles. The third-order valence-corrected chi connectivity index (χ3v) is 2.76. The van der Waals surface area contributed by atoms with E-state index >= 15 is 0 Å². The van der Waals surface area contributed by atoms with Gasteiger partial charge in [0.25, 0.3) is 0 Å². The van der Waals surface area contributed by atoms with E-state index in [2.05, 4.69) is 4.98 Å². The maximum absolute atomic E-state index is 10.9. The van der Waals surface area contributed by atoms with E-state index in [4.69, 9.17) is 21.1 Å². The topological polar surface area (TPSA) is 48.4 Å². The summed E-state index contributed by atoms with van der Waals surface area (Å²) >= 11 is 5.82. The number of pyridine rings is 1. The van der Waals surface area contributed by atoms with E-state index < -0.39 is 0 Å². The largest absolute Gasteiger partial charge is 0.488 e. The Bertz CT molecular complexity index is 587. The summed E-state index contributed by atoms with van der Waals surface area (Å²) in [5, 5.41) is 0.494. The highest BCUT2D eigenvalue weighted by molar-refractivity contribution is 6.30. The Morgan fingerprint density at radius 1 is 1.37 bits per heavy atom. The third-order valence-electron chi connectivity index (χ3n) is 2.53. The minimum absolute atomic E-state index is 0.263. The Hall–Kier alpha value is -2.07. The Labute approximate surface area is 115 Å². The van der Waals surface area contributed by atoms with E-state index in [1.54, 1.807) is 37.6 Å². The fourth-order valence-electron chi connectivity index (χ4n) is 1.62. The molecule has 2 aromatic rings. The predicted molar refractivity (Wildman–Crippen MR) is 72.0 cm³/mol. The highest BCUT2D eigenvalue weighted by Gasteiger charge is 2.07. The molecule has 0 N–H and O–H groups in total. The van der Waals surface area contributed by atoms with Crippen LogP contribution in [0.1, 0.15) is 15.9 Å². The molecule has 1 aromatic carbocycles. The number of hydrogen-bond acceptors (Lipinski definition) is 4. The van der Waals surface area contributed by atoms with Crippen molar-refractivity contribution in [2.75, 3.05) is 7.11 Å². The number of aromatic nitrogens is 1. The average molecular weight is 278 g/mol. The van der Waals surface area contributed by atoms with Gasteiger partial charge in [-0.15, -0.1) is 0 Å². The second-order valence-electron chi connectivity index (χ2n) is 3.76. The predicted octanol–water partition coefficient (Wildman–Crippen LogP) is 3.14. The van der Waals surface area contributed by atoms with Gasteiger partial charge in [-0.1, -0.05) is 11.6 Å². The Kier molecular flexibility index (Phi) is 4.36. The Morgan fingerprint density at radius 2 is 2.21 bits per heavy atom. The van der Waals surface area contributed by atoms with E-state index in [1.165, 1.54) is 0 Å². The number of aldehydes is 1. The first-order valence-corrected chi connectivity index (χ1v) is 5.98. The molecular formula is C14H12ClNO3. The summed E-state index contributed by atoms with van der Waals surface area (Å²) in [6.07, 6.45) is 2.35. The van der Waals surface area contributed by atoms with Crippen molar-refractivity contribution in [2.45, 2.75) is 6.61 Å². The lowest BCUT2D eigenvalue weighted by Crippen LogP contribution is -2.01. The molecule has 0 unspecified atom stereocenters.